The lowest BCUT2D eigenvalue weighted by Gasteiger charge is -2.34. The van der Waals surface area contributed by atoms with E-state index in [9.17, 15) is 8.42 Å². The number of nitrogens with one attached hydrogen (secondary N) is 1. The molecule has 0 saturated carbocycles. The lowest BCUT2D eigenvalue weighted by atomic mass is 9.87. The Labute approximate surface area is 168 Å². The van der Waals surface area contributed by atoms with Gasteiger partial charge in [0, 0.05) is 38.6 Å². The van der Waals surface area contributed by atoms with Crippen LogP contribution in [0.1, 0.15) is 38.1 Å². The molecule has 3 rings (SSSR count). The zero-order valence-corrected chi connectivity index (χ0v) is 18.0. The minimum absolute atomic E-state index is 0.0102. The minimum atomic E-state index is -3.58. The maximum absolute atomic E-state index is 12.9. The number of aromatic nitrogens is 1. The van der Waals surface area contributed by atoms with Crippen LogP contribution in [0.15, 0.2) is 47.5 Å². The SMILES string of the molecule is Cn1cccc1C(CNS(=O)(=O)c1ccc(C(C)(C)C)cc1)N1CCOCC1. The summed E-state index contributed by atoms with van der Waals surface area (Å²) in [4.78, 5) is 2.58. The van der Waals surface area contributed by atoms with Gasteiger partial charge in [-0.2, -0.15) is 0 Å². The van der Waals surface area contributed by atoms with E-state index in [1.807, 2.05) is 42.1 Å². The van der Waals surface area contributed by atoms with Gasteiger partial charge in [0.1, 0.15) is 0 Å². The molecule has 28 heavy (non-hydrogen) atoms. The second-order valence-electron chi connectivity index (χ2n) is 8.33. The smallest absolute Gasteiger partial charge is 0.240 e. The Balaban J connectivity index is 1.77. The van der Waals surface area contributed by atoms with Gasteiger partial charge in [0.2, 0.25) is 10.0 Å². The van der Waals surface area contributed by atoms with Crippen molar-refractivity contribution in [2.75, 3.05) is 32.8 Å². The average Bonchev–Trinajstić information content (AvgIpc) is 3.08. The summed E-state index contributed by atoms with van der Waals surface area (Å²) in [7, 11) is -1.59. The summed E-state index contributed by atoms with van der Waals surface area (Å²) in [5, 5.41) is 0. The molecule has 1 saturated heterocycles. The largest absolute Gasteiger partial charge is 0.379 e. The number of ether oxygens (including phenoxy) is 1. The van der Waals surface area contributed by atoms with Crippen molar-refractivity contribution in [3.8, 4) is 0 Å². The number of sulfonamides is 1. The number of rotatable bonds is 6. The van der Waals surface area contributed by atoms with Gasteiger partial charge >= 0.3 is 0 Å². The Bertz CT molecular complexity index is 876. The number of morpholine rings is 1. The van der Waals surface area contributed by atoms with Gasteiger partial charge in [-0.15, -0.1) is 0 Å². The normalized spacial score (nSPS) is 17.6. The standard InChI is InChI=1S/C21H31N3O3S/c1-21(2,3)17-7-9-18(10-8-17)28(25,26)22-16-20(19-6-5-11-23(19)4)24-12-14-27-15-13-24/h5-11,20,22H,12-16H2,1-4H3. The van der Waals surface area contributed by atoms with Crippen LogP contribution in [0, 0.1) is 0 Å². The van der Waals surface area contributed by atoms with E-state index in [1.165, 1.54) is 0 Å². The Morgan fingerprint density at radius 3 is 2.29 bits per heavy atom. The average molecular weight is 406 g/mol. The fourth-order valence-electron chi connectivity index (χ4n) is 3.54. The van der Waals surface area contributed by atoms with Crippen LogP contribution >= 0.6 is 0 Å². The molecule has 1 fully saturated rings. The van der Waals surface area contributed by atoms with Crippen LogP contribution in [-0.2, 0) is 27.2 Å². The summed E-state index contributed by atoms with van der Waals surface area (Å²) in [6.45, 7) is 9.57. The van der Waals surface area contributed by atoms with Gasteiger partial charge in [0.05, 0.1) is 24.2 Å². The molecule has 0 aliphatic carbocycles. The third kappa shape index (κ3) is 4.84. The van der Waals surface area contributed by atoms with Crippen LogP contribution in [0.5, 0.6) is 0 Å². The van der Waals surface area contributed by atoms with Gasteiger partial charge in [-0.05, 0) is 35.2 Å². The molecule has 1 aromatic carbocycles. The molecular weight excluding hydrogens is 374 g/mol. The zero-order valence-electron chi connectivity index (χ0n) is 17.2. The first kappa shape index (κ1) is 21.0. The maximum atomic E-state index is 12.9. The second kappa shape index (κ2) is 8.37. The van der Waals surface area contributed by atoms with Crippen molar-refractivity contribution < 1.29 is 13.2 Å². The quantitative estimate of drug-likeness (QED) is 0.803. The summed E-state index contributed by atoms with van der Waals surface area (Å²) < 4.78 is 36.1. The van der Waals surface area contributed by atoms with Gasteiger partial charge in [-0.1, -0.05) is 32.9 Å². The van der Waals surface area contributed by atoms with Gasteiger partial charge in [0.15, 0.2) is 0 Å². The Morgan fingerprint density at radius 1 is 1.11 bits per heavy atom. The maximum Gasteiger partial charge on any atom is 0.240 e. The molecule has 0 bridgehead atoms. The molecule has 2 aromatic rings. The van der Waals surface area contributed by atoms with Crippen molar-refractivity contribution in [2.45, 2.75) is 37.1 Å². The third-order valence-corrected chi connectivity index (χ3v) is 6.75. The predicted octanol–water partition coefficient (Wildman–Crippen LogP) is 2.67. The van der Waals surface area contributed by atoms with E-state index < -0.39 is 10.0 Å². The summed E-state index contributed by atoms with van der Waals surface area (Å²) >= 11 is 0. The third-order valence-electron chi connectivity index (χ3n) is 5.31. The van der Waals surface area contributed by atoms with E-state index >= 15 is 0 Å². The Kier molecular flexibility index (Phi) is 6.29. The summed E-state index contributed by atoms with van der Waals surface area (Å²) in [6.07, 6.45) is 1.99. The molecule has 0 spiro atoms. The van der Waals surface area contributed by atoms with Crippen molar-refractivity contribution in [3.05, 3.63) is 53.9 Å². The number of nitrogens with zero attached hydrogens (tertiary/aromatic N) is 2. The highest BCUT2D eigenvalue weighted by molar-refractivity contribution is 7.89. The monoisotopic (exact) mass is 405 g/mol. The highest BCUT2D eigenvalue weighted by atomic mass is 32.2. The number of hydrogen-bond donors (Lipinski definition) is 1. The Morgan fingerprint density at radius 2 is 1.75 bits per heavy atom. The molecule has 1 atom stereocenters. The van der Waals surface area contributed by atoms with Crippen molar-refractivity contribution in [3.63, 3.8) is 0 Å². The topological polar surface area (TPSA) is 63.6 Å². The van der Waals surface area contributed by atoms with Gasteiger partial charge in [0.25, 0.3) is 0 Å². The van der Waals surface area contributed by atoms with Gasteiger partial charge in [-0.3, -0.25) is 4.90 Å². The van der Waals surface area contributed by atoms with Gasteiger partial charge in [-0.25, -0.2) is 13.1 Å². The molecule has 1 aliphatic heterocycles. The van der Waals surface area contributed by atoms with Crippen LogP contribution in [0.4, 0.5) is 0 Å². The molecule has 7 heteroatoms. The van der Waals surface area contributed by atoms with Crippen molar-refractivity contribution in [2.24, 2.45) is 7.05 Å². The second-order valence-corrected chi connectivity index (χ2v) is 10.1. The van der Waals surface area contributed by atoms with E-state index in [4.69, 9.17) is 4.74 Å². The molecule has 2 heterocycles. The fraction of sp³-hybridized carbons (Fsp3) is 0.524. The van der Waals surface area contributed by atoms with Crippen molar-refractivity contribution in [1.82, 2.24) is 14.2 Å². The van der Waals surface area contributed by atoms with E-state index in [0.717, 1.165) is 24.3 Å². The first-order valence-corrected chi connectivity index (χ1v) is 11.2. The number of aryl methyl sites for hydroxylation is 1. The Hall–Kier alpha value is -1.67. The number of benzene rings is 1. The van der Waals surface area contributed by atoms with E-state index in [0.29, 0.717) is 24.7 Å². The molecule has 1 aliphatic rings. The van der Waals surface area contributed by atoms with E-state index in [1.54, 1.807) is 12.1 Å². The van der Waals surface area contributed by atoms with E-state index in [-0.39, 0.29) is 11.5 Å². The van der Waals surface area contributed by atoms with Crippen LogP contribution in [0.2, 0.25) is 0 Å². The van der Waals surface area contributed by atoms with Crippen molar-refractivity contribution in [1.29, 1.82) is 0 Å². The van der Waals surface area contributed by atoms with Crippen molar-refractivity contribution >= 4 is 10.0 Å². The molecule has 0 radical (unpaired) electrons. The molecule has 0 amide bonds. The number of hydrogen-bond acceptors (Lipinski definition) is 4. The van der Waals surface area contributed by atoms with Crippen LogP contribution < -0.4 is 4.72 Å². The molecule has 154 valence electrons. The molecule has 1 unspecified atom stereocenters. The highest BCUT2D eigenvalue weighted by Crippen LogP contribution is 2.25. The first-order valence-electron chi connectivity index (χ1n) is 9.72. The molecular formula is C21H31N3O3S. The molecule has 6 nitrogen and oxygen atoms in total. The summed E-state index contributed by atoms with van der Waals surface area (Å²) in [5.41, 5.74) is 2.19. The summed E-state index contributed by atoms with van der Waals surface area (Å²) in [6, 6.07) is 11.2. The lowest BCUT2D eigenvalue weighted by Crippen LogP contribution is -2.44. The lowest BCUT2D eigenvalue weighted by molar-refractivity contribution is 0.0158. The van der Waals surface area contributed by atoms with Crippen LogP contribution in [-0.4, -0.2) is 50.7 Å². The molecule has 1 aromatic heterocycles. The summed E-state index contributed by atoms with van der Waals surface area (Å²) in [5.74, 6) is 0. The van der Waals surface area contributed by atoms with Gasteiger partial charge < -0.3 is 9.30 Å². The molecule has 1 N–H and O–H groups in total. The van der Waals surface area contributed by atoms with Crippen LogP contribution in [0.25, 0.3) is 0 Å². The minimum Gasteiger partial charge on any atom is -0.379 e. The highest BCUT2D eigenvalue weighted by Gasteiger charge is 2.26. The zero-order chi connectivity index (χ0) is 20.4. The first-order chi connectivity index (χ1) is 13.2. The van der Waals surface area contributed by atoms with Crippen LogP contribution in [0.3, 0.4) is 0 Å². The predicted molar refractivity (Wildman–Crippen MR) is 111 cm³/mol. The van der Waals surface area contributed by atoms with E-state index in [2.05, 4.69) is 30.4 Å². The fourth-order valence-corrected chi connectivity index (χ4v) is 4.57.